The predicted molar refractivity (Wildman–Crippen MR) is 81.3 cm³/mol. The van der Waals surface area contributed by atoms with Gasteiger partial charge in [-0.15, -0.1) is 5.10 Å². The van der Waals surface area contributed by atoms with Crippen LogP contribution in [-0.2, 0) is 0 Å². The molecule has 0 spiro atoms. The molecule has 0 saturated heterocycles. The Balaban J connectivity index is 1.85. The summed E-state index contributed by atoms with van der Waals surface area (Å²) < 4.78 is 5.19. The van der Waals surface area contributed by atoms with Crippen LogP contribution in [0.5, 0.6) is 5.75 Å². The van der Waals surface area contributed by atoms with E-state index in [0.29, 0.717) is 5.82 Å². The number of hydrogen-bond donors (Lipinski definition) is 2. The highest BCUT2D eigenvalue weighted by Crippen LogP contribution is 2.30. The minimum atomic E-state index is 0.629. The molecule has 2 aromatic heterocycles. The van der Waals surface area contributed by atoms with Crippen LogP contribution < -0.4 is 4.74 Å². The van der Waals surface area contributed by atoms with Gasteiger partial charge in [0.2, 0.25) is 0 Å². The van der Waals surface area contributed by atoms with Gasteiger partial charge in [0.25, 0.3) is 0 Å². The van der Waals surface area contributed by atoms with E-state index >= 15 is 0 Å². The Bertz CT molecular complexity index is 911. The van der Waals surface area contributed by atoms with E-state index in [9.17, 15) is 0 Å². The van der Waals surface area contributed by atoms with Crippen LogP contribution in [-0.4, -0.2) is 37.9 Å². The van der Waals surface area contributed by atoms with E-state index in [4.69, 9.17) is 4.74 Å². The Kier molecular flexibility index (Phi) is 2.82. The van der Waals surface area contributed by atoms with E-state index in [0.717, 1.165) is 33.5 Å². The number of methoxy groups -OCH3 is 1. The number of nitrogens with one attached hydrogen (secondary N) is 2. The Morgan fingerprint density at radius 2 is 1.77 bits per heavy atom. The summed E-state index contributed by atoms with van der Waals surface area (Å²) in [6.07, 6.45) is 0. The summed E-state index contributed by atoms with van der Waals surface area (Å²) in [7, 11) is 1.65. The lowest BCUT2D eigenvalue weighted by atomic mass is 10.1. The van der Waals surface area contributed by atoms with Gasteiger partial charge in [0.15, 0.2) is 5.82 Å². The van der Waals surface area contributed by atoms with E-state index in [-0.39, 0.29) is 0 Å². The van der Waals surface area contributed by atoms with Gasteiger partial charge in [-0.3, -0.25) is 5.10 Å². The molecule has 22 heavy (non-hydrogen) atoms. The first kappa shape index (κ1) is 12.5. The molecular weight excluding hydrogens is 280 g/mol. The molecule has 0 amide bonds. The molecule has 2 heterocycles. The summed E-state index contributed by atoms with van der Waals surface area (Å²) in [5.41, 5.74) is 3.77. The van der Waals surface area contributed by atoms with Gasteiger partial charge >= 0.3 is 0 Å². The lowest BCUT2D eigenvalue weighted by Gasteiger charge is -2.02. The molecule has 0 atom stereocenters. The lowest BCUT2D eigenvalue weighted by molar-refractivity contribution is 0.415. The molecule has 108 valence electrons. The second kappa shape index (κ2) is 4.96. The average molecular weight is 292 g/mol. The third kappa shape index (κ3) is 1.99. The molecule has 4 aromatic rings. The summed E-state index contributed by atoms with van der Waals surface area (Å²) in [6.45, 7) is 0. The minimum Gasteiger partial charge on any atom is -0.497 e. The zero-order valence-corrected chi connectivity index (χ0v) is 11.7. The van der Waals surface area contributed by atoms with Gasteiger partial charge in [-0.2, -0.15) is 5.10 Å². The highest BCUT2D eigenvalue weighted by molar-refractivity contribution is 5.95. The van der Waals surface area contributed by atoms with Crippen molar-refractivity contribution in [3.8, 4) is 28.4 Å². The van der Waals surface area contributed by atoms with Crippen molar-refractivity contribution in [1.82, 2.24) is 30.8 Å². The Hall–Kier alpha value is -3.22. The van der Waals surface area contributed by atoms with Crippen molar-refractivity contribution < 1.29 is 4.74 Å². The van der Waals surface area contributed by atoms with Crippen LogP contribution >= 0.6 is 0 Å². The highest BCUT2D eigenvalue weighted by Gasteiger charge is 2.11. The van der Waals surface area contributed by atoms with Crippen LogP contribution in [0.25, 0.3) is 33.5 Å². The number of H-pyrrole nitrogens is 2. The molecule has 0 aliphatic rings. The fraction of sp³-hybridized carbons (Fsp3) is 0.0667. The average Bonchev–Trinajstić information content (AvgIpc) is 3.24. The number of rotatable bonds is 3. The topological polar surface area (TPSA) is 92.4 Å². The molecule has 0 aliphatic heterocycles. The molecule has 7 nitrogen and oxygen atoms in total. The maximum absolute atomic E-state index is 5.19. The number of tetrazole rings is 1. The van der Waals surface area contributed by atoms with Gasteiger partial charge in [0.1, 0.15) is 5.75 Å². The normalized spacial score (nSPS) is 11.0. The standard InChI is InChI=1S/C15H12N6O/c1-22-11-5-2-9(3-6-11)14-12-8-10(15-18-20-21-19-15)4-7-13(12)16-17-14/h2-8H,1H3,(H,16,17)(H,18,19,20,21). The molecule has 4 rings (SSSR count). The van der Waals surface area contributed by atoms with E-state index in [1.165, 1.54) is 0 Å². The van der Waals surface area contributed by atoms with E-state index in [2.05, 4.69) is 30.8 Å². The largest absolute Gasteiger partial charge is 0.497 e. The van der Waals surface area contributed by atoms with Crippen LogP contribution in [0.3, 0.4) is 0 Å². The first-order valence-corrected chi connectivity index (χ1v) is 6.72. The number of fused-ring (bicyclic) bond motifs is 1. The summed E-state index contributed by atoms with van der Waals surface area (Å²) in [6, 6.07) is 13.7. The van der Waals surface area contributed by atoms with Crippen molar-refractivity contribution in [2.75, 3.05) is 7.11 Å². The number of aromatic nitrogens is 6. The summed E-state index contributed by atoms with van der Waals surface area (Å²) >= 11 is 0. The van der Waals surface area contributed by atoms with Crippen molar-refractivity contribution in [2.45, 2.75) is 0 Å². The number of benzene rings is 2. The van der Waals surface area contributed by atoms with Gasteiger partial charge in [0, 0.05) is 16.5 Å². The van der Waals surface area contributed by atoms with Gasteiger partial charge in [-0.05, 0) is 52.9 Å². The maximum Gasteiger partial charge on any atom is 0.179 e. The van der Waals surface area contributed by atoms with Gasteiger partial charge in [-0.1, -0.05) is 0 Å². The number of hydrogen-bond acceptors (Lipinski definition) is 5. The van der Waals surface area contributed by atoms with Gasteiger partial charge in [0.05, 0.1) is 18.3 Å². The van der Waals surface area contributed by atoms with Crippen molar-refractivity contribution in [3.63, 3.8) is 0 Å². The van der Waals surface area contributed by atoms with Crippen LogP contribution in [0.2, 0.25) is 0 Å². The Morgan fingerprint density at radius 3 is 2.50 bits per heavy atom. The summed E-state index contributed by atoms with van der Waals surface area (Å²) in [5, 5.41) is 22.4. The van der Waals surface area contributed by atoms with Crippen molar-refractivity contribution in [3.05, 3.63) is 42.5 Å². The first-order valence-electron chi connectivity index (χ1n) is 6.72. The molecule has 0 unspecified atom stereocenters. The summed E-state index contributed by atoms with van der Waals surface area (Å²) in [4.78, 5) is 0. The quantitative estimate of drug-likeness (QED) is 0.605. The molecule has 0 saturated carbocycles. The lowest BCUT2D eigenvalue weighted by Crippen LogP contribution is -1.84. The molecule has 7 heteroatoms. The van der Waals surface area contributed by atoms with Crippen LogP contribution in [0.4, 0.5) is 0 Å². The Morgan fingerprint density at radius 1 is 0.955 bits per heavy atom. The van der Waals surface area contributed by atoms with Crippen molar-refractivity contribution in [1.29, 1.82) is 0 Å². The predicted octanol–water partition coefficient (Wildman–Crippen LogP) is 2.42. The summed E-state index contributed by atoms with van der Waals surface area (Å²) in [5.74, 6) is 1.45. The fourth-order valence-electron chi connectivity index (χ4n) is 2.41. The third-order valence-corrected chi connectivity index (χ3v) is 3.55. The Labute approximate surface area is 125 Å². The van der Waals surface area contributed by atoms with Crippen molar-refractivity contribution >= 4 is 10.9 Å². The molecule has 0 bridgehead atoms. The molecule has 2 aromatic carbocycles. The van der Waals surface area contributed by atoms with Gasteiger partial charge < -0.3 is 4.74 Å². The fourth-order valence-corrected chi connectivity index (χ4v) is 2.41. The maximum atomic E-state index is 5.19. The van der Waals surface area contributed by atoms with Crippen molar-refractivity contribution in [2.24, 2.45) is 0 Å². The molecular formula is C15H12N6O. The first-order chi connectivity index (χ1) is 10.8. The zero-order chi connectivity index (χ0) is 14.9. The number of aromatic amines is 2. The molecule has 0 aliphatic carbocycles. The second-order valence-electron chi connectivity index (χ2n) is 4.81. The monoisotopic (exact) mass is 292 g/mol. The van der Waals surface area contributed by atoms with Crippen LogP contribution in [0, 0.1) is 0 Å². The smallest absolute Gasteiger partial charge is 0.179 e. The zero-order valence-electron chi connectivity index (χ0n) is 11.7. The minimum absolute atomic E-state index is 0.629. The van der Waals surface area contributed by atoms with Crippen LogP contribution in [0.15, 0.2) is 42.5 Å². The van der Waals surface area contributed by atoms with Gasteiger partial charge in [-0.25, -0.2) is 5.10 Å². The highest BCUT2D eigenvalue weighted by atomic mass is 16.5. The van der Waals surface area contributed by atoms with E-state index in [1.807, 2.05) is 42.5 Å². The third-order valence-electron chi connectivity index (χ3n) is 3.55. The second-order valence-corrected chi connectivity index (χ2v) is 4.81. The number of ether oxygens (including phenoxy) is 1. The molecule has 0 fully saturated rings. The molecule has 2 N–H and O–H groups in total. The van der Waals surface area contributed by atoms with E-state index < -0.39 is 0 Å². The van der Waals surface area contributed by atoms with E-state index in [1.54, 1.807) is 7.11 Å². The molecule has 0 radical (unpaired) electrons. The number of nitrogens with zero attached hydrogens (tertiary/aromatic N) is 4. The SMILES string of the molecule is COc1ccc(-c2n[nH]c3ccc(-c4nnn[nH]4)cc23)cc1. The van der Waals surface area contributed by atoms with Crippen LogP contribution in [0.1, 0.15) is 0 Å².